The van der Waals surface area contributed by atoms with E-state index in [0.29, 0.717) is 36.6 Å². The number of phenols is 1. The SMILES string of the molecule is CCN(CC)CCN1C(=O)C(=O)C(=C(O)c2ccc(OCc3cccc(C)c3)cc2)[C@@H]1c1cccc(O)c1. The van der Waals surface area contributed by atoms with Crippen LogP contribution in [0.1, 0.15) is 42.1 Å². The van der Waals surface area contributed by atoms with Crippen molar-refractivity contribution in [3.63, 3.8) is 0 Å². The van der Waals surface area contributed by atoms with Gasteiger partial charge in [-0.3, -0.25) is 9.59 Å². The van der Waals surface area contributed by atoms with Gasteiger partial charge in [-0.2, -0.15) is 0 Å². The van der Waals surface area contributed by atoms with Gasteiger partial charge in [0.25, 0.3) is 11.7 Å². The summed E-state index contributed by atoms with van der Waals surface area (Å²) in [7, 11) is 0. The Hall–Kier alpha value is -4.10. The summed E-state index contributed by atoms with van der Waals surface area (Å²) in [6.07, 6.45) is 0. The van der Waals surface area contributed by atoms with Crippen molar-refractivity contribution >= 4 is 17.4 Å². The molecule has 38 heavy (non-hydrogen) atoms. The van der Waals surface area contributed by atoms with Crippen LogP contribution in [0.25, 0.3) is 5.76 Å². The Morgan fingerprint density at radius 3 is 2.34 bits per heavy atom. The second-order valence-corrected chi connectivity index (χ2v) is 9.42. The van der Waals surface area contributed by atoms with E-state index in [2.05, 4.69) is 11.0 Å². The normalized spacial score (nSPS) is 16.8. The summed E-state index contributed by atoms with van der Waals surface area (Å²) in [5.74, 6) is -1.02. The molecule has 2 N–H and O–H groups in total. The monoisotopic (exact) mass is 514 g/mol. The molecule has 0 unspecified atom stereocenters. The Morgan fingerprint density at radius 2 is 1.68 bits per heavy atom. The summed E-state index contributed by atoms with van der Waals surface area (Å²) in [6, 6.07) is 20.5. The van der Waals surface area contributed by atoms with E-state index >= 15 is 0 Å². The summed E-state index contributed by atoms with van der Waals surface area (Å²) in [4.78, 5) is 30.0. The number of carbonyl (C=O) groups is 2. The zero-order chi connectivity index (χ0) is 27.2. The molecule has 0 aliphatic carbocycles. The Labute approximate surface area is 223 Å². The number of aromatic hydroxyl groups is 1. The van der Waals surface area contributed by atoms with Gasteiger partial charge in [0.1, 0.15) is 23.9 Å². The van der Waals surface area contributed by atoms with E-state index in [9.17, 15) is 19.8 Å². The largest absolute Gasteiger partial charge is 0.508 e. The molecule has 7 heteroatoms. The number of nitrogens with zero attached hydrogens (tertiary/aromatic N) is 2. The number of ketones is 1. The molecule has 0 aromatic heterocycles. The van der Waals surface area contributed by atoms with Crippen LogP contribution in [-0.2, 0) is 16.2 Å². The number of ether oxygens (including phenoxy) is 1. The standard InChI is InChI=1S/C31H34N2O5/c1-4-32(5-2)16-17-33-28(24-10-7-11-25(34)19-24)27(30(36)31(33)37)29(35)23-12-14-26(15-13-23)38-20-22-9-6-8-21(3)18-22/h6-15,18-19,28,34-35H,4-5,16-17,20H2,1-3H3/t28-/m0/s1. The first-order chi connectivity index (χ1) is 18.3. The van der Waals surface area contributed by atoms with Gasteiger partial charge >= 0.3 is 0 Å². The van der Waals surface area contributed by atoms with Crippen LogP contribution in [0.4, 0.5) is 0 Å². The van der Waals surface area contributed by atoms with E-state index < -0.39 is 17.7 Å². The number of aliphatic hydroxyl groups excluding tert-OH is 1. The summed E-state index contributed by atoms with van der Waals surface area (Å²) in [5.41, 5.74) is 3.17. The van der Waals surface area contributed by atoms with Crippen LogP contribution in [0.2, 0.25) is 0 Å². The van der Waals surface area contributed by atoms with Crippen molar-refractivity contribution in [2.45, 2.75) is 33.4 Å². The number of rotatable bonds is 10. The van der Waals surface area contributed by atoms with Crippen LogP contribution in [0.3, 0.4) is 0 Å². The topological polar surface area (TPSA) is 90.3 Å². The Bertz CT molecular complexity index is 1330. The molecule has 0 bridgehead atoms. The number of carbonyl (C=O) groups excluding carboxylic acids is 2. The quantitative estimate of drug-likeness (QED) is 0.224. The highest BCUT2D eigenvalue weighted by Crippen LogP contribution is 2.40. The molecule has 0 saturated carbocycles. The van der Waals surface area contributed by atoms with E-state index in [1.807, 2.05) is 39.0 Å². The average molecular weight is 515 g/mol. The molecule has 3 aromatic rings. The summed E-state index contributed by atoms with van der Waals surface area (Å²) in [5, 5.41) is 21.4. The lowest BCUT2D eigenvalue weighted by atomic mass is 9.95. The first-order valence-electron chi connectivity index (χ1n) is 12.9. The minimum Gasteiger partial charge on any atom is -0.508 e. The zero-order valence-corrected chi connectivity index (χ0v) is 22.1. The molecular formula is C31H34N2O5. The van der Waals surface area contributed by atoms with E-state index in [-0.39, 0.29) is 17.1 Å². The van der Waals surface area contributed by atoms with Crippen LogP contribution in [0.15, 0.2) is 78.4 Å². The number of phenolic OH excluding ortho intramolecular Hbond substituents is 1. The predicted molar refractivity (Wildman–Crippen MR) is 147 cm³/mol. The number of aliphatic hydroxyl groups is 1. The molecule has 7 nitrogen and oxygen atoms in total. The minimum absolute atomic E-state index is 0.00794. The number of likely N-dealkylation sites (tertiary alicyclic amines) is 1. The maximum absolute atomic E-state index is 13.2. The van der Waals surface area contributed by atoms with E-state index in [4.69, 9.17) is 4.74 Å². The molecule has 0 radical (unpaired) electrons. The smallest absolute Gasteiger partial charge is 0.295 e. The van der Waals surface area contributed by atoms with Gasteiger partial charge in [0.15, 0.2) is 0 Å². The van der Waals surface area contributed by atoms with Crippen LogP contribution < -0.4 is 4.74 Å². The maximum Gasteiger partial charge on any atom is 0.295 e. The van der Waals surface area contributed by atoms with Gasteiger partial charge in [-0.1, -0.05) is 55.8 Å². The molecule has 1 aliphatic rings. The number of likely N-dealkylation sites (N-methyl/N-ethyl adjacent to an activating group) is 1. The fourth-order valence-electron chi connectivity index (χ4n) is 4.77. The van der Waals surface area contributed by atoms with E-state index in [1.165, 1.54) is 17.0 Å². The second-order valence-electron chi connectivity index (χ2n) is 9.42. The molecule has 198 valence electrons. The number of benzene rings is 3. The second kappa shape index (κ2) is 12.0. The van der Waals surface area contributed by atoms with Crippen LogP contribution in [0.5, 0.6) is 11.5 Å². The highest BCUT2D eigenvalue weighted by molar-refractivity contribution is 6.46. The van der Waals surface area contributed by atoms with Crippen LogP contribution in [-0.4, -0.2) is 57.9 Å². The molecule has 1 heterocycles. The third kappa shape index (κ3) is 5.89. The van der Waals surface area contributed by atoms with Crippen molar-refractivity contribution in [2.24, 2.45) is 0 Å². The van der Waals surface area contributed by atoms with Crippen LogP contribution >= 0.6 is 0 Å². The van der Waals surface area contributed by atoms with Crippen molar-refractivity contribution < 1.29 is 24.5 Å². The van der Waals surface area contributed by atoms with Gasteiger partial charge in [0.05, 0.1) is 11.6 Å². The third-order valence-corrected chi connectivity index (χ3v) is 6.89. The minimum atomic E-state index is -0.810. The Morgan fingerprint density at radius 1 is 0.974 bits per heavy atom. The molecule has 0 spiro atoms. The highest BCUT2D eigenvalue weighted by atomic mass is 16.5. The highest BCUT2D eigenvalue weighted by Gasteiger charge is 2.46. The number of Topliss-reactive ketones (excluding diaryl/α,β-unsaturated/α-hetero) is 1. The molecule has 4 rings (SSSR count). The van der Waals surface area contributed by atoms with Crippen molar-refractivity contribution in [2.75, 3.05) is 26.2 Å². The number of hydrogen-bond acceptors (Lipinski definition) is 6. The summed E-state index contributed by atoms with van der Waals surface area (Å²) >= 11 is 0. The molecule has 1 aliphatic heterocycles. The maximum atomic E-state index is 13.2. The van der Waals surface area contributed by atoms with E-state index in [0.717, 1.165) is 24.2 Å². The number of aryl methyl sites for hydroxylation is 1. The van der Waals surface area contributed by atoms with Crippen molar-refractivity contribution in [1.82, 2.24) is 9.80 Å². The third-order valence-electron chi connectivity index (χ3n) is 6.89. The van der Waals surface area contributed by atoms with E-state index in [1.54, 1.807) is 36.4 Å². The molecule has 1 atom stereocenters. The molecule has 1 fully saturated rings. The summed E-state index contributed by atoms with van der Waals surface area (Å²) < 4.78 is 5.88. The molecule has 1 saturated heterocycles. The van der Waals surface area contributed by atoms with Crippen molar-refractivity contribution in [3.05, 3.63) is 101 Å². The molecule has 1 amide bonds. The lowest BCUT2D eigenvalue weighted by molar-refractivity contribution is -0.140. The van der Waals surface area contributed by atoms with Crippen LogP contribution in [0, 0.1) is 6.92 Å². The number of hydrogen-bond donors (Lipinski definition) is 2. The fraction of sp³-hybridized carbons (Fsp3) is 0.290. The average Bonchev–Trinajstić information content (AvgIpc) is 3.17. The van der Waals surface area contributed by atoms with Crippen molar-refractivity contribution in [3.8, 4) is 11.5 Å². The Balaban J connectivity index is 1.64. The first kappa shape index (κ1) is 26.9. The predicted octanol–water partition coefficient (Wildman–Crippen LogP) is 5.04. The van der Waals surface area contributed by atoms with Gasteiger partial charge in [0.2, 0.25) is 0 Å². The van der Waals surface area contributed by atoms with Gasteiger partial charge < -0.3 is 24.7 Å². The Kier molecular flexibility index (Phi) is 8.48. The van der Waals surface area contributed by atoms with Gasteiger partial charge in [-0.15, -0.1) is 0 Å². The molecular weight excluding hydrogens is 480 g/mol. The van der Waals surface area contributed by atoms with Gasteiger partial charge in [-0.25, -0.2) is 0 Å². The lowest BCUT2D eigenvalue weighted by Crippen LogP contribution is -2.38. The van der Waals surface area contributed by atoms with Gasteiger partial charge in [0, 0.05) is 18.7 Å². The fourth-order valence-corrected chi connectivity index (χ4v) is 4.77. The number of amides is 1. The first-order valence-corrected chi connectivity index (χ1v) is 12.9. The zero-order valence-electron chi connectivity index (χ0n) is 22.1. The molecule has 3 aromatic carbocycles. The summed E-state index contributed by atoms with van der Waals surface area (Å²) in [6.45, 7) is 9.04. The van der Waals surface area contributed by atoms with Crippen molar-refractivity contribution in [1.29, 1.82) is 0 Å². The van der Waals surface area contributed by atoms with Gasteiger partial charge in [-0.05, 0) is 67.5 Å². The lowest BCUT2D eigenvalue weighted by Gasteiger charge is -2.28.